The number of benzene rings is 4. The van der Waals surface area contributed by atoms with Gasteiger partial charge in [0.25, 0.3) is 0 Å². The van der Waals surface area contributed by atoms with Gasteiger partial charge in [0.15, 0.2) is 10.6 Å². The molecule has 1 saturated heterocycles. The van der Waals surface area contributed by atoms with Gasteiger partial charge in [-0.05, 0) is 34.4 Å². The highest BCUT2D eigenvalue weighted by Gasteiger charge is 2.32. The van der Waals surface area contributed by atoms with Crippen molar-refractivity contribution in [3.63, 3.8) is 0 Å². The van der Waals surface area contributed by atoms with Gasteiger partial charge in [0.2, 0.25) is 0 Å². The molecule has 1 fully saturated rings. The second-order valence-electron chi connectivity index (χ2n) is 11.4. The Morgan fingerprint density at radius 1 is 0.917 bits per heavy atom. The Labute approximate surface area is 287 Å². The molecule has 0 radical (unpaired) electrons. The molecule has 0 saturated carbocycles. The summed E-state index contributed by atoms with van der Waals surface area (Å²) in [5, 5.41) is 15.1. The SMILES string of the molecule is COC(=O)[C@H](Cc1ccccc1)NC(=O)NCc1ccc([C@@H]2O[C@H](CSc3nc4ccccc4s3)C[C@H](c3ccc(CO)cc3)O2)cc1. The number of aliphatic hydroxyl groups is 1. The number of esters is 1. The lowest BCUT2D eigenvalue weighted by atomic mass is 10.0. The number of carbonyl (C=O) groups is 2. The van der Waals surface area contributed by atoms with Gasteiger partial charge in [0, 0.05) is 30.7 Å². The summed E-state index contributed by atoms with van der Waals surface area (Å²) < 4.78 is 20.1. The average Bonchev–Trinajstić information content (AvgIpc) is 3.56. The van der Waals surface area contributed by atoms with Crippen LogP contribution in [0.15, 0.2) is 107 Å². The predicted molar refractivity (Wildman–Crippen MR) is 187 cm³/mol. The molecule has 0 bridgehead atoms. The van der Waals surface area contributed by atoms with E-state index >= 15 is 0 Å². The van der Waals surface area contributed by atoms with E-state index in [9.17, 15) is 14.7 Å². The summed E-state index contributed by atoms with van der Waals surface area (Å²) in [5.74, 6) is 0.212. The number of hydrogen-bond donors (Lipinski definition) is 3. The molecule has 1 aromatic heterocycles. The topological polar surface area (TPSA) is 119 Å². The Balaban J connectivity index is 1.09. The van der Waals surface area contributed by atoms with Gasteiger partial charge in [-0.1, -0.05) is 103 Å². The lowest BCUT2D eigenvalue weighted by Gasteiger charge is -2.36. The Morgan fingerprint density at radius 3 is 2.35 bits per heavy atom. The molecule has 0 spiro atoms. The predicted octanol–water partition coefficient (Wildman–Crippen LogP) is 6.71. The zero-order valence-electron chi connectivity index (χ0n) is 26.4. The van der Waals surface area contributed by atoms with Crippen LogP contribution in [0.25, 0.3) is 10.2 Å². The minimum absolute atomic E-state index is 0.0125. The number of rotatable bonds is 12. The van der Waals surface area contributed by atoms with Gasteiger partial charge in [-0.15, -0.1) is 11.3 Å². The van der Waals surface area contributed by atoms with Crippen molar-refractivity contribution >= 4 is 45.3 Å². The van der Waals surface area contributed by atoms with Crippen molar-refractivity contribution in [2.45, 2.75) is 54.9 Å². The molecule has 0 aliphatic carbocycles. The van der Waals surface area contributed by atoms with Crippen LogP contribution in [-0.4, -0.2) is 47.1 Å². The van der Waals surface area contributed by atoms with Crippen molar-refractivity contribution in [2.24, 2.45) is 0 Å². The summed E-state index contributed by atoms with van der Waals surface area (Å²) in [4.78, 5) is 29.8. The van der Waals surface area contributed by atoms with E-state index in [1.807, 2.05) is 97.1 Å². The maximum Gasteiger partial charge on any atom is 0.328 e. The number of aromatic nitrogens is 1. The van der Waals surface area contributed by atoms with Gasteiger partial charge in [-0.3, -0.25) is 0 Å². The van der Waals surface area contributed by atoms with Crippen LogP contribution in [-0.2, 0) is 38.6 Å². The van der Waals surface area contributed by atoms with Crippen molar-refractivity contribution < 1.29 is 28.9 Å². The molecular formula is C37H37N3O6S2. The lowest BCUT2D eigenvalue weighted by Crippen LogP contribution is -2.47. The summed E-state index contributed by atoms with van der Waals surface area (Å²) in [6, 6.07) is 31.9. The van der Waals surface area contributed by atoms with Crippen molar-refractivity contribution in [3.8, 4) is 0 Å². The normalized spacial score (nSPS) is 18.2. The quantitative estimate of drug-likeness (QED) is 0.0982. The molecule has 6 rings (SSSR count). The van der Waals surface area contributed by atoms with Crippen LogP contribution >= 0.6 is 23.1 Å². The molecule has 248 valence electrons. The first kappa shape index (κ1) is 33.6. The number of methoxy groups -OCH3 is 1. The van der Waals surface area contributed by atoms with Gasteiger partial charge in [-0.2, -0.15) is 0 Å². The molecule has 9 nitrogen and oxygen atoms in total. The number of thiazole rings is 1. The Morgan fingerprint density at radius 2 is 1.62 bits per heavy atom. The molecule has 1 aliphatic heterocycles. The first-order chi connectivity index (χ1) is 23.5. The van der Waals surface area contributed by atoms with Crippen LogP contribution in [0, 0.1) is 0 Å². The number of fused-ring (bicyclic) bond motifs is 1. The Bertz CT molecular complexity index is 1770. The highest BCUT2D eigenvalue weighted by molar-refractivity contribution is 8.01. The number of para-hydroxylation sites is 1. The first-order valence-electron chi connectivity index (χ1n) is 15.7. The van der Waals surface area contributed by atoms with E-state index < -0.39 is 24.3 Å². The maximum absolute atomic E-state index is 12.7. The highest BCUT2D eigenvalue weighted by atomic mass is 32.2. The molecule has 5 aromatic rings. The van der Waals surface area contributed by atoms with E-state index in [0.29, 0.717) is 12.8 Å². The standard InChI is InChI=1S/C37H37N3O6S2/c1-44-34(42)31(19-24-7-3-2-4-8-24)39-36(43)38-21-25-11-17-28(18-12-25)35-45-29(20-32(46-35)27-15-13-26(22-41)14-16-27)23-47-37-40-30-9-5-6-10-33(30)48-37/h2-18,29,31-32,35,41H,19-23H2,1H3,(H2,38,39,43)/t29-,31-,32+,35+/m0/s1. The Hall–Kier alpha value is -4.26. The van der Waals surface area contributed by atoms with E-state index in [1.54, 1.807) is 23.1 Å². The number of nitrogens with one attached hydrogen (secondary N) is 2. The number of ether oxygens (including phenoxy) is 3. The van der Waals surface area contributed by atoms with Gasteiger partial charge in [0.05, 0.1) is 36.1 Å². The number of hydrogen-bond acceptors (Lipinski definition) is 9. The Kier molecular flexibility index (Phi) is 11.4. The molecule has 2 amide bonds. The fraction of sp³-hybridized carbons (Fsp3) is 0.270. The summed E-state index contributed by atoms with van der Waals surface area (Å²) >= 11 is 3.37. The van der Waals surface area contributed by atoms with E-state index in [1.165, 1.54) is 7.11 Å². The monoisotopic (exact) mass is 683 g/mol. The van der Waals surface area contributed by atoms with Crippen LogP contribution in [0.1, 0.15) is 46.6 Å². The smallest absolute Gasteiger partial charge is 0.328 e. The van der Waals surface area contributed by atoms with Crippen LogP contribution in [0.3, 0.4) is 0 Å². The second-order valence-corrected chi connectivity index (χ2v) is 13.7. The summed E-state index contributed by atoms with van der Waals surface area (Å²) in [6.45, 7) is 0.250. The summed E-state index contributed by atoms with van der Waals surface area (Å²) in [7, 11) is 1.31. The van der Waals surface area contributed by atoms with Crippen molar-refractivity contribution in [3.05, 3.63) is 131 Å². The fourth-order valence-electron chi connectivity index (χ4n) is 5.47. The van der Waals surface area contributed by atoms with Crippen molar-refractivity contribution in [1.29, 1.82) is 0 Å². The number of thioether (sulfide) groups is 1. The van der Waals surface area contributed by atoms with E-state index in [-0.39, 0.29) is 25.4 Å². The number of nitrogens with zero attached hydrogens (tertiary/aromatic N) is 1. The molecule has 3 N–H and O–H groups in total. The van der Waals surface area contributed by atoms with Gasteiger partial charge >= 0.3 is 12.0 Å². The number of urea groups is 1. The van der Waals surface area contributed by atoms with Crippen molar-refractivity contribution in [2.75, 3.05) is 12.9 Å². The molecule has 4 aromatic carbocycles. The second kappa shape index (κ2) is 16.2. The number of amides is 2. The van der Waals surface area contributed by atoms with Gasteiger partial charge in [-0.25, -0.2) is 14.6 Å². The third-order valence-electron chi connectivity index (χ3n) is 8.06. The molecule has 48 heavy (non-hydrogen) atoms. The first-order valence-corrected chi connectivity index (χ1v) is 17.5. The number of carbonyl (C=O) groups excluding carboxylic acids is 2. The van der Waals surface area contributed by atoms with E-state index in [2.05, 4.69) is 16.7 Å². The molecule has 4 atom stereocenters. The average molecular weight is 684 g/mol. The van der Waals surface area contributed by atoms with Crippen LogP contribution < -0.4 is 10.6 Å². The van der Waals surface area contributed by atoms with Crippen molar-refractivity contribution in [1.82, 2.24) is 15.6 Å². The largest absolute Gasteiger partial charge is 0.467 e. The minimum Gasteiger partial charge on any atom is -0.467 e. The van der Waals surface area contributed by atoms with Crippen LogP contribution in [0.2, 0.25) is 0 Å². The van der Waals surface area contributed by atoms with E-state index in [4.69, 9.17) is 19.2 Å². The molecular weight excluding hydrogens is 647 g/mol. The molecule has 2 heterocycles. The maximum atomic E-state index is 12.7. The molecule has 1 aliphatic rings. The zero-order chi connectivity index (χ0) is 33.3. The van der Waals surface area contributed by atoms with E-state index in [0.717, 1.165) is 48.1 Å². The lowest BCUT2D eigenvalue weighted by molar-refractivity contribution is -0.245. The molecule has 0 unspecified atom stereocenters. The summed E-state index contributed by atoms with van der Waals surface area (Å²) in [5.41, 5.74) is 5.53. The highest BCUT2D eigenvalue weighted by Crippen LogP contribution is 2.40. The van der Waals surface area contributed by atoms with Gasteiger partial charge in [0.1, 0.15) is 6.04 Å². The van der Waals surface area contributed by atoms with Crippen LogP contribution in [0.4, 0.5) is 4.79 Å². The summed E-state index contributed by atoms with van der Waals surface area (Å²) in [6.07, 6.45) is 0.129. The number of aliphatic hydroxyl groups excluding tert-OH is 1. The third kappa shape index (κ3) is 8.80. The molecule has 11 heteroatoms. The van der Waals surface area contributed by atoms with Crippen LogP contribution in [0.5, 0.6) is 0 Å². The minimum atomic E-state index is -0.811. The zero-order valence-corrected chi connectivity index (χ0v) is 28.0. The third-order valence-corrected chi connectivity index (χ3v) is 10.4. The fourth-order valence-corrected chi connectivity index (χ4v) is 7.58. The van der Waals surface area contributed by atoms with Gasteiger partial charge < -0.3 is 30.0 Å².